The molecule has 146 valence electrons. The molecule has 8 nitrogen and oxygen atoms in total. The van der Waals surface area contributed by atoms with E-state index in [1.807, 2.05) is 6.92 Å². The van der Waals surface area contributed by atoms with E-state index in [-0.39, 0.29) is 22.9 Å². The van der Waals surface area contributed by atoms with Crippen molar-refractivity contribution in [2.45, 2.75) is 63.5 Å². The van der Waals surface area contributed by atoms with E-state index in [4.69, 9.17) is 0 Å². The van der Waals surface area contributed by atoms with Gasteiger partial charge in [-0.05, 0) is 58.4 Å². The van der Waals surface area contributed by atoms with Gasteiger partial charge in [0.05, 0.1) is 11.9 Å². The van der Waals surface area contributed by atoms with Crippen molar-refractivity contribution in [3.8, 4) is 0 Å². The molecule has 2 aliphatic rings. The minimum atomic E-state index is -0.310. The van der Waals surface area contributed by atoms with Crippen LogP contribution in [0.25, 0.3) is 0 Å². The summed E-state index contributed by atoms with van der Waals surface area (Å²) < 4.78 is 0. The molecule has 2 aliphatic carbocycles. The van der Waals surface area contributed by atoms with Crippen molar-refractivity contribution in [3.05, 3.63) is 47.6 Å². The van der Waals surface area contributed by atoms with Gasteiger partial charge in [0.1, 0.15) is 17.2 Å². The van der Waals surface area contributed by atoms with Crippen molar-refractivity contribution in [3.63, 3.8) is 0 Å². The number of rotatable bonds is 4. The van der Waals surface area contributed by atoms with E-state index in [1.54, 1.807) is 25.4 Å². The van der Waals surface area contributed by atoms with E-state index in [2.05, 4.69) is 30.6 Å². The maximum Gasteiger partial charge on any atom is 0.271 e. The van der Waals surface area contributed by atoms with Gasteiger partial charge in [-0.3, -0.25) is 14.6 Å². The molecule has 2 aromatic rings. The van der Waals surface area contributed by atoms with Crippen LogP contribution in [0.5, 0.6) is 0 Å². The minimum Gasteiger partial charge on any atom is -0.345 e. The topological polar surface area (TPSA) is 110 Å². The first-order chi connectivity index (χ1) is 13.4. The number of nitrogens with one attached hydrogen (secondary N) is 2. The van der Waals surface area contributed by atoms with Crippen LogP contribution in [0.1, 0.15) is 71.0 Å². The van der Waals surface area contributed by atoms with E-state index < -0.39 is 0 Å². The molecule has 0 radical (unpaired) electrons. The fraction of sp³-hybridized carbons (Fsp3) is 0.500. The van der Waals surface area contributed by atoms with Crippen molar-refractivity contribution in [2.24, 2.45) is 0 Å². The largest absolute Gasteiger partial charge is 0.345 e. The lowest BCUT2D eigenvalue weighted by Crippen LogP contribution is -2.55. The Morgan fingerprint density at radius 2 is 1.61 bits per heavy atom. The molecule has 2 fully saturated rings. The molecule has 2 aromatic heterocycles. The molecule has 2 atom stereocenters. The summed E-state index contributed by atoms with van der Waals surface area (Å²) in [4.78, 5) is 42.0. The SMILES string of the molecule is Cc1cncc(C(=O)NC23CCCC(NC(=O)c4ccnc(C)n4)(CC2)C3)n1. The summed E-state index contributed by atoms with van der Waals surface area (Å²) in [6.45, 7) is 3.58. The summed E-state index contributed by atoms with van der Waals surface area (Å²) in [5, 5.41) is 6.40. The molecule has 2 N–H and O–H groups in total. The maximum absolute atomic E-state index is 12.7. The molecule has 4 rings (SSSR count). The Balaban J connectivity index is 1.48. The van der Waals surface area contributed by atoms with Crippen LogP contribution in [0.15, 0.2) is 24.7 Å². The number of aryl methyl sites for hydroxylation is 2. The Morgan fingerprint density at radius 3 is 2.25 bits per heavy atom. The number of hydrogen-bond acceptors (Lipinski definition) is 6. The van der Waals surface area contributed by atoms with E-state index >= 15 is 0 Å². The highest BCUT2D eigenvalue weighted by Gasteiger charge is 2.52. The molecule has 2 amide bonds. The third-order valence-corrected chi connectivity index (χ3v) is 5.82. The zero-order valence-electron chi connectivity index (χ0n) is 16.2. The average molecular weight is 380 g/mol. The van der Waals surface area contributed by atoms with Crippen LogP contribution in [-0.4, -0.2) is 42.8 Å². The summed E-state index contributed by atoms with van der Waals surface area (Å²) >= 11 is 0. The second-order valence-electron chi connectivity index (χ2n) is 8.03. The first kappa shape index (κ1) is 18.5. The van der Waals surface area contributed by atoms with Gasteiger partial charge in [0, 0.05) is 23.5 Å². The van der Waals surface area contributed by atoms with Crippen LogP contribution in [0.2, 0.25) is 0 Å². The molecule has 28 heavy (non-hydrogen) atoms. The number of aromatic nitrogens is 4. The van der Waals surface area contributed by atoms with Crippen molar-refractivity contribution in [2.75, 3.05) is 0 Å². The zero-order valence-corrected chi connectivity index (χ0v) is 16.2. The fourth-order valence-corrected chi connectivity index (χ4v) is 4.60. The molecular formula is C20H24N6O2. The summed E-state index contributed by atoms with van der Waals surface area (Å²) in [6, 6.07) is 1.63. The highest BCUT2D eigenvalue weighted by atomic mass is 16.2. The predicted octanol–water partition coefficient (Wildman–Crippen LogP) is 1.89. The Kier molecular flexibility index (Phi) is 4.56. The Hall–Kier alpha value is -2.90. The number of nitrogens with zero attached hydrogens (tertiary/aromatic N) is 4. The Labute approximate surface area is 163 Å². The summed E-state index contributed by atoms with van der Waals surface area (Å²) in [6.07, 6.45) is 9.86. The van der Waals surface area contributed by atoms with Gasteiger partial charge in [-0.2, -0.15) is 0 Å². The van der Waals surface area contributed by atoms with Gasteiger partial charge in [-0.15, -0.1) is 0 Å². The third kappa shape index (κ3) is 3.58. The second kappa shape index (κ2) is 6.92. The number of carbonyl (C=O) groups excluding carboxylic acids is 2. The van der Waals surface area contributed by atoms with Crippen molar-refractivity contribution >= 4 is 11.8 Å². The molecular weight excluding hydrogens is 356 g/mol. The van der Waals surface area contributed by atoms with Crippen LogP contribution in [0.3, 0.4) is 0 Å². The van der Waals surface area contributed by atoms with Crippen LogP contribution >= 0.6 is 0 Å². The fourth-order valence-electron chi connectivity index (χ4n) is 4.60. The van der Waals surface area contributed by atoms with E-state index in [0.717, 1.165) is 38.5 Å². The Morgan fingerprint density at radius 1 is 0.929 bits per heavy atom. The van der Waals surface area contributed by atoms with Gasteiger partial charge in [0.2, 0.25) is 0 Å². The van der Waals surface area contributed by atoms with Gasteiger partial charge in [0.25, 0.3) is 11.8 Å². The summed E-state index contributed by atoms with van der Waals surface area (Å²) in [7, 11) is 0. The first-order valence-corrected chi connectivity index (χ1v) is 9.62. The lowest BCUT2D eigenvalue weighted by Gasteiger charge is -2.40. The highest BCUT2D eigenvalue weighted by Crippen LogP contribution is 2.48. The minimum absolute atomic E-state index is 0.181. The van der Waals surface area contributed by atoms with E-state index in [1.165, 1.54) is 6.20 Å². The van der Waals surface area contributed by atoms with Gasteiger partial charge < -0.3 is 10.6 Å². The first-order valence-electron chi connectivity index (χ1n) is 9.62. The van der Waals surface area contributed by atoms with Gasteiger partial charge in [-0.25, -0.2) is 15.0 Å². The highest BCUT2D eigenvalue weighted by molar-refractivity contribution is 5.93. The van der Waals surface area contributed by atoms with Crippen LogP contribution in [0, 0.1) is 13.8 Å². The van der Waals surface area contributed by atoms with Gasteiger partial charge in [-0.1, -0.05) is 0 Å². The van der Waals surface area contributed by atoms with Crippen LogP contribution in [0.4, 0.5) is 0 Å². The molecule has 2 unspecified atom stereocenters. The zero-order chi connectivity index (χ0) is 19.8. The number of carbonyl (C=O) groups is 2. The molecule has 2 saturated carbocycles. The van der Waals surface area contributed by atoms with E-state index in [0.29, 0.717) is 22.9 Å². The number of fused-ring (bicyclic) bond motifs is 2. The van der Waals surface area contributed by atoms with Crippen molar-refractivity contribution < 1.29 is 9.59 Å². The monoisotopic (exact) mass is 380 g/mol. The standard InChI is InChI=1S/C20H24N6O2/c1-13-10-21-11-16(23-13)18(28)26-20-6-3-5-19(12-20,7-8-20)25-17(27)15-4-9-22-14(2)24-15/h4,9-11H,3,5-8,12H2,1-2H3,(H,25,27)(H,26,28). The summed E-state index contributed by atoms with van der Waals surface area (Å²) in [5.41, 5.74) is 0.805. The predicted molar refractivity (Wildman–Crippen MR) is 102 cm³/mol. The third-order valence-electron chi connectivity index (χ3n) is 5.82. The van der Waals surface area contributed by atoms with Crippen LogP contribution < -0.4 is 10.6 Å². The molecule has 0 saturated heterocycles. The normalized spacial score (nSPS) is 25.9. The molecule has 0 aliphatic heterocycles. The quantitative estimate of drug-likeness (QED) is 0.838. The molecule has 8 heteroatoms. The number of hydrogen-bond donors (Lipinski definition) is 2. The molecule has 2 heterocycles. The lowest BCUT2D eigenvalue weighted by molar-refractivity contribution is 0.0826. The lowest BCUT2D eigenvalue weighted by atomic mass is 9.78. The van der Waals surface area contributed by atoms with E-state index in [9.17, 15) is 9.59 Å². The smallest absolute Gasteiger partial charge is 0.271 e. The van der Waals surface area contributed by atoms with Crippen LogP contribution in [-0.2, 0) is 0 Å². The number of amides is 2. The second-order valence-corrected chi connectivity index (χ2v) is 8.03. The molecule has 2 bridgehead atoms. The summed E-state index contributed by atoms with van der Waals surface area (Å²) in [5.74, 6) is 0.187. The van der Waals surface area contributed by atoms with Crippen molar-refractivity contribution in [1.29, 1.82) is 0 Å². The average Bonchev–Trinajstić information content (AvgIpc) is 2.91. The maximum atomic E-state index is 12.7. The van der Waals surface area contributed by atoms with Gasteiger partial charge in [0.15, 0.2) is 0 Å². The molecule has 0 spiro atoms. The Bertz CT molecular complexity index is 859. The van der Waals surface area contributed by atoms with Crippen molar-refractivity contribution in [1.82, 2.24) is 30.6 Å². The molecule has 0 aromatic carbocycles. The van der Waals surface area contributed by atoms with Gasteiger partial charge >= 0.3 is 0 Å².